The SMILES string of the molecule is CC(C)C[C@H](N)CC(=O)N1CCC[C@H](N(C2CC2)S(=O)(=O)c2cccc(C(F)(F)F)c2)C1. The van der Waals surface area contributed by atoms with Crippen LogP contribution in [0.5, 0.6) is 0 Å². The summed E-state index contributed by atoms with van der Waals surface area (Å²) < 4.78 is 67.6. The van der Waals surface area contributed by atoms with Crippen molar-refractivity contribution in [3.63, 3.8) is 0 Å². The molecule has 1 amide bonds. The minimum Gasteiger partial charge on any atom is -0.341 e. The average Bonchev–Trinajstić information content (AvgIpc) is 3.51. The van der Waals surface area contributed by atoms with Crippen molar-refractivity contribution in [2.45, 2.75) is 81.6 Å². The number of amides is 1. The Morgan fingerprint density at radius 2 is 1.91 bits per heavy atom. The standard InChI is InChI=1S/C22H32F3N3O3S/c1-15(2)11-17(26)13-21(29)27-10-4-6-19(14-27)28(18-8-9-18)32(30,31)20-7-3-5-16(12-20)22(23,24)25/h3,5,7,12,15,17-19H,4,6,8-11,13-14,26H2,1-2H3/t17-,19-/m0/s1. The van der Waals surface area contributed by atoms with E-state index in [1.165, 1.54) is 10.4 Å². The largest absolute Gasteiger partial charge is 0.416 e. The molecule has 1 aliphatic heterocycles. The highest BCUT2D eigenvalue weighted by molar-refractivity contribution is 7.89. The fourth-order valence-corrected chi connectivity index (χ4v) is 6.34. The maximum absolute atomic E-state index is 13.4. The van der Waals surface area contributed by atoms with E-state index >= 15 is 0 Å². The third kappa shape index (κ3) is 6.02. The molecule has 1 aliphatic carbocycles. The fraction of sp³-hybridized carbons (Fsp3) is 0.682. The molecule has 0 spiro atoms. The lowest BCUT2D eigenvalue weighted by atomic mass is 10.00. The van der Waals surface area contributed by atoms with Gasteiger partial charge in [-0.2, -0.15) is 17.5 Å². The van der Waals surface area contributed by atoms with E-state index in [-0.39, 0.29) is 35.9 Å². The minimum atomic E-state index is -4.63. The summed E-state index contributed by atoms with van der Waals surface area (Å²) in [6.07, 6.45) is -1.16. The van der Waals surface area contributed by atoms with E-state index in [4.69, 9.17) is 5.73 Å². The Balaban J connectivity index is 1.79. The average molecular weight is 476 g/mol. The number of carbonyl (C=O) groups excluding carboxylic acids is 1. The number of piperidine rings is 1. The Morgan fingerprint density at radius 3 is 2.50 bits per heavy atom. The number of carbonyl (C=O) groups is 1. The second-order valence-corrected chi connectivity index (χ2v) is 11.2. The predicted octanol–water partition coefficient (Wildman–Crippen LogP) is 3.61. The maximum atomic E-state index is 13.4. The molecule has 6 nitrogen and oxygen atoms in total. The van der Waals surface area contributed by atoms with Gasteiger partial charge in [-0.25, -0.2) is 8.42 Å². The molecule has 0 aromatic heterocycles. The molecule has 3 rings (SSSR count). The summed E-state index contributed by atoms with van der Waals surface area (Å²) in [7, 11) is -4.14. The highest BCUT2D eigenvalue weighted by Gasteiger charge is 2.44. The first-order valence-corrected chi connectivity index (χ1v) is 12.6. The summed E-state index contributed by atoms with van der Waals surface area (Å²) >= 11 is 0. The molecule has 0 unspecified atom stereocenters. The van der Waals surface area contributed by atoms with Crippen molar-refractivity contribution in [2.75, 3.05) is 13.1 Å². The number of rotatable bonds is 8. The summed E-state index contributed by atoms with van der Waals surface area (Å²) in [5.41, 5.74) is 5.09. The molecular formula is C22H32F3N3O3S. The number of nitrogens with two attached hydrogens (primary N) is 1. The van der Waals surface area contributed by atoms with E-state index < -0.39 is 27.8 Å². The zero-order valence-corrected chi connectivity index (χ0v) is 19.3. The number of alkyl halides is 3. The molecule has 2 N–H and O–H groups in total. The molecule has 2 aliphatic rings. The van der Waals surface area contributed by atoms with Crippen LogP contribution in [0.2, 0.25) is 0 Å². The van der Waals surface area contributed by atoms with Gasteiger partial charge in [-0.05, 0) is 56.2 Å². The molecule has 2 fully saturated rings. The lowest BCUT2D eigenvalue weighted by Gasteiger charge is -2.39. The Kier molecular flexibility index (Phi) is 7.56. The van der Waals surface area contributed by atoms with E-state index in [2.05, 4.69) is 0 Å². The topological polar surface area (TPSA) is 83.7 Å². The second kappa shape index (κ2) is 9.69. The highest BCUT2D eigenvalue weighted by Crippen LogP contribution is 2.38. The minimum absolute atomic E-state index is 0.102. The maximum Gasteiger partial charge on any atom is 0.416 e. The Hall–Kier alpha value is -1.65. The van der Waals surface area contributed by atoms with Crippen molar-refractivity contribution in [1.82, 2.24) is 9.21 Å². The summed E-state index contributed by atoms with van der Waals surface area (Å²) in [6, 6.07) is 2.93. The van der Waals surface area contributed by atoms with E-state index in [0.29, 0.717) is 44.2 Å². The van der Waals surface area contributed by atoms with Crippen molar-refractivity contribution in [3.05, 3.63) is 29.8 Å². The van der Waals surface area contributed by atoms with Crippen molar-refractivity contribution in [1.29, 1.82) is 0 Å². The van der Waals surface area contributed by atoms with E-state index in [1.54, 1.807) is 4.90 Å². The normalized spacial score (nSPS) is 21.2. The van der Waals surface area contributed by atoms with Gasteiger partial charge in [-0.3, -0.25) is 4.79 Å². The number of hydrogen-bond donors (Lipinski definition) is 1. The summed E-state index contributed by atoms with van der Waals surface area (Å²) in [5.74, 6) is 0.268. The number of sulfonamides is 1. The van der Waals surface area contributed by atoms with Gasteiger partial charge >= 0.3 is 6.18 Å². The van der Waals surface area contributed by atoms with E-state index in [0.717, 1.165) is 18.6 Å². The van der Waals surface area contributed by atoms with Gasteiger partial charge in [-0.1, -0.05) is 19.9 Å². The molecular weight excluding hydrogens is 443 g/mol. The third-order valence-electron chi connectivity index (χ3n) is 5.96. The van der Waals surface area contributed by atoms with Gasteiger partial charge in [-0.15, -0.1) is 0 Å². The monoisotopic (exact) mass is 475 g/mol. The van der Waals surface area contributed by atoms with Crippen molar-refractivity contribution >= 4 is 15.9 Å². The molecule has 1 saturated carbocycles. The number of likely N-dealkylation sites (tertiary alicyclic amines) is 1. The van der Waals surface area contributed by atoms with Crippen LogP contribution in [-0.2, 0) is 21.0 Å². The fourth-order valence-electron chi connectivity index (χ4n) is 4.41. The molecule has 180 valence electrons. The summed E-state index contributed by atoms with van der Waals surface area (Å²) in [5, 5.41) is 0. The predicted molar refractivity (Wildman–Crippen MR) is 115 cm³/mol. The smallest absolute Gasteiger partial charge is 0.341 e. The quantitative estimate of drug-likeness (QED) is 0.623. The number of hydrogen-bond acceptors (Lipinski definition) is 4. The zero-order chi connectivity index (χ0) is 23.7. The van der Waals surface area contributed by atoms with Crippen LogP contribution in [0.4, 0.5) is 13.2 Å². The molecule has 2 atom stereocenters. The van der Waals surface area contributed by atoms with Crippen molar-refractivity contribution in [3.8, 4) is 0 Å². The lowest BCUT2D eigenvalue weighted by molar-refractivity contribution is -0.137. The molecule has 0 radical (unpaired) electrons. The van der Waals surface area contributed by atoms with Crippen LogP contribution in [0.15, 0.2) is 29.2 Å². The van der Waals surface area contributed by atoms with Gasteiger partial charge in [0.15, 0.2) is 0 Å². The van der Waals surface area contributed by atoms with Crippen LogP contribution < -0.4 is 5.73 Å². The Bertz CT molecular complexity index is 916. The highest BCUT2D eigenvalue weighted by atomic mass is 32.2. The molecule has 1 aromatic rings. The van der Waals surface area contributed by atoms with E-state index in [1.807, 2.05) is 13.8 Å². The van der Waals surface area contributed by atoms with Gasteiger partial charge < -0.3 is 10.6 Å². The zero-order valence-electron chi connectivity index (χ0n) is 18.5. The molecule has 1 saturated heterocycles. The van der Waals surface area contributed by atoms with Crippen LogP contribution in [-0.4, -0.2) is 54.7 Å². The lowest BCUT2D eigenvalue weighted by Crippen LogP contribution is -2.53. The summed E-state index contributed by atoms with van der Waals surface area (Å²) in [6.45, 7) is 4.84. The van der Waals surface area contributed by atoms with Crippen LogP contribution in [0.25, 0.3) is 0 Å². The summed E-state index contributed by atoms with van der Waals surface area (Å²) in [4.78, 5) is 14.1. The first kappa shape index (κ1) is 25.0. The van der Waals surface area contributed by atoms with E-state index in [9.17, 15) is 26.4 Å². The van der Waals surface area contributed by atoms with Crippen LogP contribution >= 0.6 is 0 Å². The molecule has 0 bridgehead atoms. The molecule has 32 heavy (non-hydrogen) atoms. The number of halogens is 3. The van der Waals surface area contributed by atoms with Crippen molar-refractivity contribution in [2.24, 2.45) is 11.7 Å². The van der Waals surface area contributed by atoms with Gasteiger partial charge in [0.25, 0.3) is 0 Å². The number of nitrogens with zero attached hydrogens (tertiary/aromatic N) is 2. The van der Waals surface area contributed by atoms with Gasteiger partial charge in [0.2, 0.25) is 15.9 Å². The van der Waals surface area contributed by atoms with Crippen LogP contribution in [0, 0.1) is 5.92 Å². The first-order chi connectivity index (χ1) is 14.9. The van der Waals surface area contributed by atoms with Crippen LogP contribution in [0.3, 0.4) is 0 Å². The van der Waals surface area contributed by atoms with Gasteiger partial charge in [0, 0.05) is 37.6 Å². The Morgan fingerprint density at radius 1 is 1.22 bits per heavy atom. The third-order valence-corrected chi connectivity index (χ3v) is 7.96. The molecule has 10 heteroatoms. The molecule has 1 aromatic carbocycles. The van der Waals surface area contributed by atoms with Gasteiger partial charge in [0.1, 0.15) is 0 Å². The second-order valence-electron chi connectivity index (χ2n) is 9.32. The Labute approximate surface area is 188 Å². The van der Waals surface area contributed by atoms with Gasteiger partial charge in [0.05, 0.1) is 10.5 Å². The first-order valence-electron chi connectivity index (χ1n) is 11.1. The number of benzene rings is 1. The van der Waals surface area contributed by atoms with Crippen LogP contribution in [0.1, 0.15) is 57.9 Å². The molecule has 1 heterocycles. The van der Waals surface area contributed by atoms with Crippen molar-refractivity contribution < 1.29 is 26.4 Å².